The highest BCUT2D eigenvalue weighted by Gasteiger charge is 2.42. The van der Waals surface area contributed by atoms with Crippen LogP contribution in [0.1, 0.15) is 61.2 Å². The van der Waals surface area contributed by atoms with Crippen LogP contribution in [-0.2, 0) is 11.3 Å². The quantitative estimate of drug-likeness (QED) is 0.836. The van der Waals surface area contributed by atoms with Crippen LogP contribution in [0.2, 0.25) is 0 Å². The van der Waals surface area contributed by atoms with Crippen molar-refractivity contribution >= 4 is 5.91 Å². The van der Waals surface area contributed by atoms with E-state index in [1.165, 1.54) is 32.1 Å². The van der Waals surface area contributed by atoms with Gasteiger partial charge >= 0.3 is 0 Å². The number of methoxy groups -OCH3 is 1. The van der Waals surface area contributed by atoms with Crippen molar-refractivity contribution in [2.24, 2.45) is 17.8 Å². The first-order chi connectivity index (χ1) is 11.2. The monoisotopic (exact) mass is 318 g/mol. The number of fused-ring (bicyclic) bond motifs is 2. The molecule has 2 saturated carbocycles. The molecule has 5 heteroatoms. The third kappa shape index (κ3) is 2.91. The number of hydrogen-bond donors (Lipinski definition) is 0. The number of amides is 1. The molecule has 1 aliphatic heterocycles. The Morgan fingerprint density at radius 1 is 1.39 bits per heavy atom. The first-order valence-corrected chi connectivity index (χ1v) is 9.00. The lowest BCUT2D eigenvalue weighted by Crippen LogP contribution is -2.37. The summed E-state index contributed by atoms with van der Waals surface area (Å²) in [6.45, 7) is 1.21. The Bertz CT molecular complexity index is 570. The van der Waals surface area contributed by atoms with E-state index < -0.39 is 0 Å². The van der Waals surface area contributed by atoms with Gasteiger partial charge in [-0.3, -0.25) is 4.79 Å². The van der Waals surface area contributed by atoms with Crippen LogP contribution < -0.4 is 0 Å². The third-order valence-corrected chi connectivity index (χ3v) is 6.16. The smallest absolute Gasteiger partial charge is 0.276 e. The molecule has 126 valence electrons. The van der Waals surface area contributed by atoms with Crippen molar-refractivity contribution in [2.75, 3.05) is 13.7 Å². The second-order valence-electron chi connectivity index (χ2n) is 7.58. The Hall–Kier alpha value is -1.36. The molecule has 2 bridgehead atoms. The van der Waals surface area contributed by atoms with Crippen LogP contribution >= 0.6 is 0 Å². The molecule has 4 atom stereocenters. The van der Waals surface area contributed by atoms with Gasteiger partial charge in [-0.1, -0.05) is 11.6 Å². The molecule has 0 N–H and O–H groups in total. The highest BCUT2D eigenvalue weighted by atomic mass is 16.5. The first kappa shape index (κ1) is 15.2. The average molecular weight is 318 g/mol. The maximum atomic E-state index is 12.8. The lowest BCUT2D eigenvalue weighted by Gasteiger charge is -2.29. The van der Waals surface area contributed by atoms with E-state index in [9.17, 15) is 4.79 Å². The molecule has 2 aliphatic carbocycles. The summed E-state index contributed by atoms with van der Waals surface area (Å²) in [7, 11) is 1.61. The van der Waals surface area contributed by atoms with Crippen LogP contribution in [0.15, 0.2) is 10.6 Å². The van der Waals surface area contributed by atoms with Gasteiger partial charge in [-0.15, -0.1) is 0 Å². The standard InChI is InChI=1S/C18H26N2O3/c1-22-11-16-10-17(19-23-16)18(21)20-6-2-3-15(20)9-14-8-12-4-5-13(14)7-12/h10,12-15H,2-9,11H2,1H3. The largest absolute Gasteiger partial charge is 0.377 e. The molecular formula is C18H26N2O3. The molecule has 3 fully saturated rings. The van der Waals surface area contributed by atoms with Crippen LogP contribution in [0.4, 0.5) is 0 Å². The molecule has 1 aromatic rings. The minimum Gasteiger partial charge on any atom is -0.377 e. The van der Waals surface area contributed by atoms with Gasteiger partial charge in [-0.05, 0) is 56.3 Å². The van der Waals surface area contributed by atoms with Gasteiger partial charge in [0.05, 0.1) is 0 Å². The average Bonchev–Trinajstić information content (AvgIpc) is 3.31. The van der Waals surface area contributed by atoms with Crippen molar-refractivity contribution in [1.82, 2.24) is 10.1 Å². The molecule has 23 heavy (non-hydrogen) atoms. The maximum Gasteiger partial charge on any atom is 0.276 e. The molecular weight excluding hydrogens is 292 g/mol. The van der Waals surface area contributed by atoms with E-state index in [2.05, 4.69) is 5.16 Å². The molecule has 1 saturated heterocycles. The van der Waals surface area contributed by atoms with Gasteiger partial charge < -0.3 is 14.2 Å². The summed E-state index contributed by atoms with van der Waals surface area (Å²) in [5, 5.41) is 3.94. The Balaban J connectivity index is 1.41. The van der Waals surface area contributed by atoms with Crippen molar-refractivity contribution in [1.29, 1.82) is 0 Å². The molecule has 3 aliphatic rings. The van der Waals surface area contributed by atoms with Gasteiger partial charge in [0.25, 0.3) is 5.91 Å². The SMILES string of the molecule is COCc1cc(C(=O)N2CCCC2CC2CC3CCC2C3)no1. The Kier molecular flexibility index (Phi) is 4.14. The number of carbonyl (C=O) groups is 1. The Labute approximate surface area is 137 Å². The summed E-state index contributed by atoms with van der Waals surface area (Å²) >= 11 is 0. The molecule has 2 heterocycles. The summed E-state index contributed by atoms with van der Waals surface area (Å²) in [4.78, 5) is 14.8. The lowest BCUT2D eigenvalue weighted by atomic mass is 9.83. The number of ether oxygens (including phenoxy) is 1. The summed E-state index contributed by atoms with van der Waals surface area (Å²) in [5.74, 6) is 3.38. The predicted octanol–water partition coefficient (Wildman–Crippen LogP) is 3.25. The fourth-order valence-electron chi connectivity index (χ4n) is 5.13. The fourth-order valence-corrected chi connectivity index (χ4v) is 5.13. The minimum absolute atomic E-state index is 0.0294. The van der Waals surface area contributed by atoms with E-state index in [4.69, 9.17) is 9.26 Å². The van der Waals surface area contributed by atoms with Crippen LogP contribution in [-0.4, -0.2) is 35.7 Å². The molecule has 0 spiro atoms. The Morgan fingerprint density at radius 2 is 2.30 bits per heavy atom. The topological polar surface area (TPSA) is 55.6 Å². The summed E-state index contributed by atoms with van der Waals surface area (Å²) in [5.41, 5.74) is 0.428. The molecule has 5 nitrogen and oxygen atoms in total. The zero-order chi connectivity index (χ0) is 15.8. The normalized spacial score (nSPS) is 32.8. The van der Waals surface area contributed by atoms with E-state index >= 15 is 0 Å². The fraction of sp³-hybridized carbons (Fsp3) is 0.778. The van der Waals surface area contributed by atoms with Crippen molar-refractivity contribution in [3.8, 4) is 0 Å². The van der Waals surface area contributed by atoms with Crippen LogP contribution in [0.5, 0.6) is 0 Å². The number of hydrogen-bond acceptors (Lipinski definition) is 4. The maximum absolute atomic E-state index is 12.8. The number of aromatic nitrogens is 1. The zero-order valence-corrected chi connectivity index (χ0v) is 13.9. The first-order valence-electron chi connectivity index (χ1n) is 9.00. The van der Waals surface area contributed by atoms with Gasteiger partial charge in [0.1, 0.15) is 6.61 Å². The van der Waals surface area contributed by atoms with Gasteiger partial charge in [0.15, 0.2) is 11.5 Å². The number of rotatable bonds is 5. The van der Waals surface area contributed by atoms with Gasteiger partial charge in [-0.2, -0.15) is 0 Å². The molecule has 1 amide bonds. The highest BCUT2D eigenvalue weighted by Crippen LogP contribution is 2.50. The minimum atomic E-state index is 0.0294. The summed E-state index contributed by atoms with van der Waals surface area (Å²) < 4.78 is 10.2. The number of nitrogens with zero attached hydrogens (tertiary/aromatic N) is 2. The van der Waals surface area contributed by atoms with Crippen molar-refractivity contribution < 1.29 is 14.1 Å². The van der Waals surface area contributed by atoms with Crippen molar-refractivity contribution in [3.05, 3.63) is 17.5 Å². The number of carbonyl (C=O) groups excluding carboxylic acids is 1. The van der Waals surface area contributed by atoms with E-state index in [1.54, 1.807) is 13.2 Å². The third-order valence-electron chi connectivity index (χ3n) is 6.16. The van der Waals surface area contributed by atoms with Crippen LogP contribution in [0.25, 0.3) is 0 Å². The van der Waals surface area contributed by atoms with Gasteiger partial charge in [0, 0.05) is 25.8 Å². The summed E-state index contributed by atoms with van der Waals surface area (Å²) in [6.07, 6.45) is 9.13. The molecule has 0 radical (unpaired) electrons. The molecule has 1 aromatic heterocycles. The van der Waals surface area contributed by atoms with Crippen molar-refractivity contribution in [2.45, 2.75) is 57.6 Å². The van der Waals surface area contributed by atoms with E-state index in [0.717, 1.165) is 37.1 Å². The summed E-state index contributed by atoms with van der Waals surface area (Å²) in [6, 6.07) is 2.12. The van der Waals surface area contributed by atoms with Gasteiger partial charge in [-0.25, -0.2) is 0 Å². The van der Waals surface area contributed by atoms with E-state index in [0.29, 0.717) is 24.1 Å². The highest BCUT2D eigenvalue weighted by molar-refractivity contribution is 5.92. The predicted molar refractivity (Wildman–Crippen MR) is 84.8 cm³/mol. The van der Waals surface area contributed by atoms with E-state index in [-0.39, 0.29) is 5.91 Å². The van der Waals surface area contributed by atoms with Crippen LogP contribution in [0, 0.1) is 17.8 Å². The molecule has 4 rings (SSSR count). The van der Waals surface area contributed by atoms with Crippen molar-refractivity contribution in [3.63, 3.8) is 0 Å². The van der Waals surface area contributed by atoms with Gasteiger partial charge in [0.2, 0.25) is 0 Å². The number of likely N-dealkylation sites (tertiary alicyclic amines) is 1. The Morgan fingerprint density at radius 3 is 3.04 bits per heavy atom. The zero-order valence-electron chi connectivity index (χ0n) is 13.9. The van der Waals surface area contributed by atoms with E-state index in [1.807, 2.05) is 4.90 Å². The molecule has 0 aromatic carbocycles. The van der Waals surface area contributed by atoms with Crippen LogP contribution in [0.3, 0.4) is 0 Å². The second-order valence-corrected chi connectivity index (χ2v) is 7.58. The lowest BCUT2D eigenvalue weighted by molar-refractivity contribution is 0.0696. The molecule has 4 unspecified atom stereocenters. The second kappa shape index (κ2) is 6.27.